The fourth-order valence-electron chi connectivity index (χ4n) is 1.53. The minimum absolute atomic E-state index is 0.119. The van der Waals surface area contributed by atoms with E-state index in [9.17, 15) is 8.42 Å². The van der Waals surface area contributed by atoms with Gasteiger partial charge in [0.15, 0.2) is 15.7 Å². The Morgan fingerprint density at radius 3 is 2.24 bits per heavy atom. The third kappa shape index (κ3) is 2.54. The van der Waals surface area contributed by atoms with Crippen LogP contribution in [0.1, 0.15) is 45.4 Å². The van der Waals surface area contributed by atoms with Crippen molar-refractivity contribution >= 4 is 25.8 Å². The van der Waals surface area contributed by atoms with Crippen molar-refractivity contribution in [2.24, 2.45) is 0 Å². The third-order valence-electron chi connectivity index (χ3n) is 2.87. The van der Waals surface area contributed by atoms with Gasteiger partial charge in [0, 0.05) is 12.3 Å². The Morgan fingerprint density at radius 2 is 1.88 bits per heavy atom. The molecule has 0 bridgehead atoms. The second-order valence-electron chi connectivity index (χ2n) is 4.82. The molecule has 0 amide bonds. The predicted octanol–water partition coefficient (Wildman–Crippen LogP) is 2.03. The lowest BCUT2D eigenvalue weighted by molar-refractivity contribution is 0.496. The zero-order valence-electron chi connectivity index (χ0n) is 10.7. The molecule has 0 N–H and O–H groups in total. The van der Waals surface area contributed by atoms with Crippen molar-refractivity contribution in [3.8, 4) is 0 Å². The van der Waals surface area contributed by atoms with E-state index in [2.05, 4.69) is 26.1 Å². The van der Waals surface area contributed by atoms with Crippen LogP contribution in [-0.4, -0.2) is 29.4 Å². The number of sulfone groups is 1. The van der Waals surface area contributed by atoms with Gasteiger partial charge in [-0.1, -0.05) is 15.9 Å². The molecule has 1 aromatic rings. The Hall–Kier alpha value is -0.430. The smallest absolute Gasteiger partial charge is 0.159 e. The molecule has 0 aliphatic heterocycles. The van der Waals surface area contributed by atoms with Crippen molar-refractivity contribution < 1.29 is 8.42 Å². The van der Waals surface area contributed by atoms with Crippen molar-refractivity contribution in [1.29, 1.82) is 0 Å². The van der Waals surface area contributed by atoms with Crippen LogP contribution in [0.5, 0.6) is 0 Å². The van der Waals surface area contributed by atoms with Gasteiger partial charge in [0.1, 0.15) is 10.6 Å². The molecule has 1 rings (SSSR count). The minimum Gasteiger partial charge on any atom is -0.310 e. The molecule has 1 aromatic heterocycles. The largest absolute Gasteiger partial charge is 0.310 e. The summed E-state index contributed by atoms with van der Waals surface area (Å²) in [6.45, 7) is 7.28. The van der Waals surface area contributed by atoms with Gasteiger partial charge in [-0.2, -0.15) is 0 Å². The summed E-state index contributed by atoms with van der Waals surface area (Å²) in [5, 5.41) is 8.64. The van der Waals surface area contributed by atoms with Gasteiger partial charge in [0.05, 0.1) is 5.33 Å². The number of hydrogen-bond acceptors (Lipinski definition) is 4. The monoisotopic (exact) mass is 323 g/mol. The lowest BCUT2D eigenvalue weighted by Crippen LogP contribution is -2.32. The fraction of sp³-hybridized carbons (Fsp3) is 0.800. The van der Waals surface area contributed by atoms with Crippen LogP contribution < -0.4 is 0 Å². The van der Waals surface area contributed by atoms with Gasteiger partial charge >= 0.3 is 0 Å². The maximum absolute atomic E-state index is 11.8. The minimum atomic E-state index is -3.24. The molecule has 0 saturated heterocycles. The Balaban J connectivity index is 3.48. The maximum Gasteiger partial charge on any atom is 0.159 e. The molecule has 0 radical (unpaired) electrons. The molecule has 17 heavy (non-hydrogen) atoms. The third-order valence-corrected chi connectivity index (χ3v) is 5.41. The van der Waals surface area contributed by atoms with E-state index in [0.29, 0.717) is 11.2 Å². The van der Waals surface area contributed by atoms with Crippen LogP contribution in [0, 0.1) is 0 Å². The highest BCUT2D eigenvalue weighted by atomic mass is 79.9. The molecule has 0 atom stereocenters. The van der Waals surface area contributed by atoms with E-state index in [1.165, 1.54) is 6.26 Å². The normalized spacial score (nSPS) is 13.4. The Kier molecular flexibility index (Phi) is 4.03. The summed E-state index contributed by atoms with van der Waals surface area (Å²) >= 11 is 3.33. The average Bonchev–Trinajstić information content (AvgIpc) is 2.59. The first-order chi connectivity index (χ1) is 7.63. The van der Waals surface area contributed by atoms with E-state index in [-0.39, 0.29) is 6.04 Å². The highest BCUT2D eigenvalue weighted by Crippen LogP contribution is 2.30. The number of aromatic nitrogens is 3. The van der Waals surface area contributed by atoms with Gasteiger partial charge in [-0.25, -0.2) is 8.42 Å². The van der Waals surface area contributed by atoms with Crippen LogP contribution in [0.3, 0.4) is 0 Å². The molecular formula is C10H18BrN3O2S. The molecule has 0 aliphatic carbocycles. The summed E-state index contributed by atoms with van der Waals surface area (Å²) in [6, 6.07) is 0.119. The Bertz CT molecular complexity index is 506. The van der Waals surface area contributed by atoms with E-state index in [1.54, 1.807) is 13.8 Å². The van der Waals surface area contributed by atoms with E-state index in [0.717, 1.165) is 5.82 Å². The van der Waals surface area contributed by atoms with Gasteiger partial charge in [-0.15, -0.1) is 10.2 Å². The zero-order valence-corrected chi connectivity index (χ0v) is 13.1. The lowest BCUT2D eigenvalue weighted by atomic mass is 10.2. The number of alkyl halides is 1. The van der Waals surface area contributed by atoms with Gasteiger partial charge in [-0.05, 0) is 27.7 Å². The standard InChI is InChI=1S/C10H18BrN3O2S/c1-7(2)14-8(6-11)12-13-9(14)10(3,4)17(5,15)16/h7H,6H2,1-5H3. The fourth-order valence-corrected chi connectivity index (χ4v) is 2.39. The van der Waals surface area contributed by atoms with Crippen molar-refractivity contribution in [1.82, 2.24) is 14.8 Å². The summed E-state index contributed by atoms with van der Waals surface area (Å²) < 4.78 is 24.5. The molecule has 0 saturated carbocycles. The second kappa shape index (κ2) is 4.68. The average molecular weight is 324 g/mol. The van der Waals surface area contributed by atoms with Gasteiger partial charge in [0.25, 0.3) is 0 Å². The molecule has 5 nitrogen and oxygen atoms in total. The van der Waals surface area contributed by atoms with Gasteiger partial charge in [-0.3, -0.25) is 0 Å². The van der Waals surface area contributed by atoms with Crippen molar-refractivity contribution in [3.05, 3.63) is 11.6 Å². The summed E-state index contributed by atoms with van der Waals surface area (Å²) in [6.07, 6.45) is 1.22. The number of nitrogens with zero attached hydrogens (tertiary/aromatic N) is 3. The number of hydrogen-bond donors (Lipinski definition) is 0. The Labute approximate surface area is 111 Å². The highest BCUT2D eigenvalue weighted by Gasteiger charge is 2.38. The lowest BCUT2D eigenvalue weighted by Gasteiger charge is -2.24. The molecule has 0 fully saturated rings. The molecule has 98 valence electrons. The van der Waals surface area contributed by atoms with Crippen molar-refractivity contribution in [2.45, 2.75) is 43.8 Å². The molecule has 0 aromatic carbocycles. The van der Waals surface area contributed by atoms with Crippen LogP contribution >= 0.6 is 15.9 Å². The Morgan fingerprint density at radius 1 is 1.35 bits per heavy atom. The van der Waals surface area contributed by atoms with Gasteiger partial charge in [0.2, 0.25) is 0 Å². The molecule has 0 aliphatic rings. The molecule has 7 heteroatoms. The van der Waals surface area contributed by atoms with Crippen molar-refractivity contribution in [2.75, 3.05) is 6.26 Å². The first-order valence-corrected chi connectivity index (χ1v) is 8.34. The predicted molar refractivity (Wildman–Crippen MR) is 70.9 cm³/mol. The highest BCUT2D eigenvalue weighted by molar-refractivity contribution is 9.08. The van der Waals surface area contributed by atoms with E-state index < -0.39 is 14.6 Å². The van der Waals surface area contributed by atoms with Crippen molar-refractivity contribution in [3.63, 3.8) is 0 Å². The first kappa shape index (κ1) is 14.6. The molecule has 0 spiro atoms. The second-order valence-corrected chi connectivity index (χ2v) is 7.95. The summed E-state index contributed by atoms with van der Waals surface area (Å²) in [5.41, 5.74) is 0. The summed E-state index contributed by atoms with van der Waals surface area (Å²) in [5.74, 6) is 1.23. The first-order valence-electron chi connectivity index (χ1n) is 5.32. The van der Waals surface area contributed by atoms with E-state index in [1.807, 2.05) is 18.4 Å². The quantitative estimate of drug-likeness (QED) is 0.795. The maximum atomic E-state index is 11.8. The van der Waals surface area contributed by atoms with Gasteiger partial charge < -0.3 is 4.57 Å². The number of halogens is 1. The SMILES string of the molecule is CC(C)n1c(CBr)nnc1C(C)(C)S(C)(=O)=O. The molecule has 0 unspecified atom stereocenters. The summed E-state index contributed by atoms with van der Waals surface area (Å²) in [7, 11) is -3.24. The van der Waals surface area contributed by atoms with Crippen LogP contribution in [-0.2, 0) is 19.9 Å². The van der Waals surface area contributed by atoms with E-state index >= 15 is 0 Å². The molecular weight excluding hydrogens is 306 g/mol. The zero-order chi connectivity index (χ0) is 13.4. The summed E-state index contributed by atoms with van der Waals surface area (Å²) in [4.78, 5) is 0. The van der Waals surface area contributed by atoms with Crippen LogP contribution in [0.25, 0.3) is 0 Å². The van der Waals surface area contributed by atoms with E-state index in [4.69, 9.17) is 0 Å². The van der Waals surface area contributed by atoms with Crippen LogP contribution in [0.4, 0.5) is 0 Å². The van der Waals surface area contributed by atoms with Crippen LogP contribution in [0.15, 0.2) is 0 Å². The number of rotatable bonds is 4. The van der Waals surface area contributed by atoms with Crippen LogP contribution in [0.2, 0.25) is 0 Å². The topological polar surface area (TPSA) is 64.8 Å². The molecule has 1 heterocycles.